The molecule has 0 saturated carbocycles. The molecule has 0 saturated heterocycles. The van der Waals surface area contributed by atoms with E-state index in [-0.39, 0.29) is 12.1 Å². The second-order valence-electron chi connectivity index (χ2n) is 2.63. The molecule has 0 rings (SSSR count). The number of hydrogen-bond donors (Lipinski definition) is 1. The Morgan fingerprint density at radius 3 is 2.73 bits per heavy atom. The van der Waals surface area contributed by atoms with Gasteiger partial charge in [-0.15, -0.1) is 0 Å². The molecule has 0 aliphatic heterocycles. The first kappa shape index (κ1) is 10.4. The third kappa shape index (κ3) is 5.85. The molecule has 0 aromatic carbocycles. The average molecular weight is 159 g/mol. The molecular formula is C8H17NO2. The molecule has 0 bridgehead atoms. The van der Waals surface area contributed by atoms with Crippen molar-refractivity contribution in [1.29, 1.82) is 0 Å². The zero-order valence-electron chi connectivity index (χ0n) is 7.30. The van der Waals surface area contributed by atoms with Crippen molar-refractivity contribution in [2.75, 3.05) is 6.54 Å². The molecule has 66 valence electrons. The Morgan fingerprint density at radius 1 is 1.64 bits per heavy atom. The largest absolute Gasteiger partial charge is 0.463 e. The molecule has 0 fully saturated rings. The molecular weight excluding hydrogens is 142 g/mol. The van der Waals surface area contributed by atoms with Crippen LogP contribution in [0.4, 0.5) is 0 Å². The lowest BCUT2D eigenvalue weighted by molar-refractivity contribution is -0.148. The van der Waals surface area contributed by atoms with Crippen LogP contribution in [0, 0.1) is 0 Å². The van der Waals surface area contributed by atoms with Crippen LogP contribution in [0.2, 0.25) is 0 Å². The van der Waals surface area contributed by atoms with Crippen molar-refractivity contribution in [3.8, 4) is 0 Å². The van der Waals surface area contributed by atoms with Crippen LogP contribution in [0.3, 0.4) is 0 Å². The minimum absolute atomic E-state index is 0.0408. The molecule has 0 aliphatic rings. The summed E-state index contributed by atoms with van der Waals surface area (Å²) in [6.45, 7) is 4.34. The molecule has 1 unspecified atom stereocenters. The number of ether oxygens (including phenoxy) is 1. The Bertz CT molecular complexity index is 115. The van der Waals surface area contributed by atoms with Gasteiger partial charge in [-0.1, -0.05) is 13.3 Å². The van der Waals surface area contributed by atoms with Gasteiger partial charge in [-0.3, -0.25) is 4.79 Å². The Hall–Kier alpha value is -0.570. The number of hydrogen-bond acceptors (Lipinski definition) is 3. The number of carbonyl (C=O) groups excluding carboxylic acids is 1. The molecule has 3 heteroatoms. The molecule has 11 heavy (non-hydrogen) atoms. The maximum Gasteiger partial charge on any atom is 0.307 e. The van der Waals surface area contributed by atoms with Crippen LogP contribution in [0.5, 0.6) is 0 Å². The maximum absolute atomic E-state index is 10.8. The van der Waals surface area contributed by atoms with E-state index in [0.717, 1.165) is 12.8 Å². The second-order valence-corrected chi connectivity index (χ2v) is 2.63. The SMILES string of the molecule is CCCC(C)OC(=O)CCN. The molecule has 0 amide bonds. The average Bonchev–Trinajstić information content (AvgIpc) is 1.87. The highest BCUT2D eigenvalue weighted by Gasteiger charge is 2.06. The molecule has 3 nitrogen and oxygen atoms in total. The van der Waals surface area contributed by atoms with Crippen molar-refractivity contribution >= 4 is 5.97 Å². The van der Waals surface area contributed by atoms with Gasteiger partial charge in [0, 0.05) is 6.54 Å². The maximum atomic E-state index is 10.8. The quantitative estimate of drug-likeness (QED) is 0.610. The van der Waals surface area contributed by atoms with E-state index in [1.807, 2.05) is 6.92 Å². The van der Waals surface area contributed by atoms with Gasteiger partial charge in [0.05, 0.1) is 12.5 Å². The Morgan fingerprint density at radius 2 is 2.27 bits per heavy atom. The van der Waals surface area contributed by atoms with Crippen LogP contribution < -0.4 is 5.73 Å². The van der Waals surface area contributed by atoms with E-state index < -0.39 is 0 Å². The monoisotopic (exact) mass is 159 g/mol. The van der Waals surface area contributed by atoms with Gasteiger partial charge >= 0.3 is 5.97 Å². The van der Waals surface area contributed by atoms with Crippen LogP contribution in [-0.4, -0.2) is 18.6 Å². The molecule has 0 aromatic rings. The van der Waals surface area contributed by atoms with Gasteiger partial charge in [0.1, 0.15) is 0 Å². The van der Waals surface area contributed by atoms with E-state index in [0.29, 0.717) is 13.0 Å². The number of rotatable bonds is 5. The zero-order chi connectivity index (χ0) is 8.69. The summed E-state index contributed by atoms with van der Waals surface area (Å²) in [6.07, 6.45) is 2.33. The van der Waals surface area contributed by atoms with E-state index in [2.05, 4.69) is 6.92 Å². The fourth-order valence-corrected chi connectivity index (χ4v) is 0.867. The minimum Gasteiger partial charge on any atom is -0.463 e. The summed E-state index contributed by atoms with van der Waals surface area (Å²) in [5.74, 6) is -0.187. The highest BCUT2D eigenvalue weighted by Crippen LogP contribution is 2.01. The lowest BCUT2D eigenvalue weighted by atomic mass is 10.2. The predicted molar refractivity (Wildman–Crippen MR) is 44.1 cm³/mol. The fourth-order valence-electron chi connectivity index (χ4n) is 0.867. The highest BCUT2D eigenvalue weighted by atomic mass is 16.5. The van der Waals surface area contributed by atoms with Gasteiger partial charge < -0.3 is 10.5 Å². The minimum atomic E-state index is -0.187. The van der Waals surface area contributed by atoms with E-state index >= 15 is 0 Å². The van der Waals surface area contributed by atoms with Crippen LogP contribution >= 0.6 is 0 Å². The molecule has 1 atom stereocenters. The second kappa shape index (κ2) is 6.16. The van der Waals surface area contributed by atoms with Crippen molar-refractivity contribution in [2.45, 2.75) is 39.2 Å². The summed E-state index contributed by atoms with van der Waals surface area (Å²) in [4.78, 5) is 10.8. The van der Waals surface area contributed by atoms with E-state index in [4.69, 9.17) is 10.5 Å². The third-order valence-electron chi connectivity index (χ3n) is 1.38. The van der Waals surface area contributed by atoms with Gasteiger partial charge in [-0.2, -0.15) is 0 Å². The third-order valence-corrected chi connectivity index (χ3v) is 1.38. The number of nitrogens with two attached hydrogens (primary N) is 1. The molecule has 0 aliphatic carbocycles. The standard InChI is InChI=1S/C8H17NO2/c1-3-4-7(2)11-8(10)5-6-9/h7H,3-6,9H2,1-2H3. The van der Waals surface area contributed by atoms with Crippen LogP contribution in [0.15, 0.2) is 0 Å². The van der Waals surface area contributed by atoms with Crippen molar-refractivity contribution in [2.24, 2.45) is 5.73 Å². The summed E-state index contributed by atoms with van der Waals surface area (Å²) >= 11 is 0. The summed E-state index contributed by atoms with van der Waals surface area (Å²) < 4.78 is 5.01. The van der Waals surface area contributed by atoms with Crippen molar-refractivity contribution in [3.63, 3.8) is 0 Å². The van der Waals surface area contributed by atoms with Gasteiger partial charge in [-0.05, 0) is 13.3 Å². The van der Waals surface area contributed by atoms with Crippen LogP contribution in [0.1, 0.15) is 33.1 Å². The Kier molecular flexibility index (Phi) is 5.84. The van der Waals surface area contributed by atoms with E-state index in [1.165, 1.54) is 0 Å². The first-order valence-electron chi connectivity index (χ1n) is 4.10. The molecule has 0 heterocycles. The molecule has 0 radical (unpaired) electrons. The van der Waals surface area contributed by atoms with Crippen molar-refractivity contribution < 1.29 is 9.53 Å². The summed E-state index contributed by atoms with van der Waals surface area (Å²) in [6, 6.07) is 0. The van der Waals surface area contributed by atoms with E-state index in [9.17, 15) is 4.79 Å². The summed E-state index contributed by atoms with van der Waals surface area (Å²) in [7, 11) is 0. The van der Waals surface area contributed by atoms with Crippen LogP contribution in [0.25, 0.3) is 0 Å². The molecule has 2 N–H and O–H groups in total. The summed E-state index contributed by atoms with van der Waals surface area (Å²) in [5.41, 5.74) is 5.18. The van der Waals surface area contributed by atoms with Gasteiger partial charge in [0.25, 0.3) is 0 Å². The smallest absolute Gasteiger partial charge is 0.307 e. The van der Waals surface area contributed by atoms with Gasteiger partial charge in [0.2, 0.25) is 0 Å². The Balaban J connectivity index is 3.40. The van der Waals surface area contributed by atoms with Gasteiger partial charge in [-0.25, -0.2) is 0 Å². The number of esters is 1. The lowest BCUT2D eigenvalue weighted by Crippen LogP contribution is -2.17. The van der Waals surface area contributed by atoms with Gasteiger partial charge in [0.15, 0.2) is 0 Å². The first-order chi connectivity index (χ1) is 5.20. The zero-order valence-corrected chi connectivity index (χ0v) is 7.30. The molecule has 0 spiro atoms. The topological polar surface area (TPSA) is 52.3 Å². The van der Waals surface area contributed by atoms with Crippen molar-refractivity contribution in [1.82, 2.24) is 0 Å². The Labute approximate surface area is 67.9 Å². The first-order valence-corrected chi connectivity index (χ1v) is 4.10. The molecule has 0 aromatic heterocycles. The van der Waals surface area contributed by atoms with E-state index in [1.54, 1.807) is 0 Å². The van der Waals surface area contributed by atoms with Crippen molar-refractivity contribution in [3.05, 3.63) is 0 Å². The predicted octanol–water partition coefficient (Wildman–Crippen LogP) is 1.07. The summed E-state index contributed by atoms with van der Waals surface area (Å²) in [5, 5.41) is 0. The highest BCUT2D eigenvalue weighted by molar-refractivity contribution is 5.69. The fraction of sp³-hybridized carbons (Fsp3) is 0.875. The van der Waals surface area contributed by atoms with Crippen LogP contribution in [-0.2, 0) is 9.53 Å². The lowest BCUT2D eigenvalue weighted by Gasteiger charge is -2.10. The normalized spacial score (nSPS) is 12.6. The number of carbonyl (C=O) groups is 1.